The first-order chi connectivity index (χ1) is 17.3. The summed E-state index contributed by atoms with van der Waals surface area (Å²) in [6, 6.07) is 2.71. The highest BCUT2D eigenvalue weighted by Crippen LogP contribution is 2.44. The number of dihydropyridines is 1. The number of nitrogens with one attached hydrogen (secondary N) is 1. The highest BCUT2D eigenvalue weighted by molar-refractivity contribution is 9.11. The molecule has 2 saturated heterocycles. The standard InChI is InChI=1S/C26H34BrN5O4/c27-19-12-18-2-1-17-13-20(33)14-21(34)23(17)25(24(18)29-15-19)31-9-7-30(8-10-31)22(35)11-16-3-5-32(6-4-16)26(28)36/h12-16,24-25,29,33-34H,1-11H2,(H2,28,36). The van der Waals surface area contributed by atoms with E-state index >= 15 is 0 Å². The van der Waals surface area contributed by atoms with E-state index in [4.69, 9.17) is 5.73 Å². The second-order valence-electron chi connectivity index (χ2n) is 10.3. The number of urea groups is 1. The molecule has 10 heteroatoms. The molecule has 2 fully saturated rings. The van der Waals surface area contributed by atoms with Crippen molar-refractivity contribution in [1.29, 1.82) is 0 Å². The van der Waals surface area contributed by atoms with E-state index in [2.05, 4.69) is 32.2 Å². The molecule has 2 atom stereocenters. The third-order valence-electron chi connectivity index (χ3n) is 8.10. The highest BCUT2D eigenvalue weighted by Gasteiger charge is 2.39. The van der Waals surface area contributed by atoms with Gasteiger partial charge in [0, 0.05) is 68.0 Å². The number of benzene rings is 1. The monoisotopic (exact) mass is 559 g/mol. The van der Waals surface area contributed by atoms with Crippen molar-refractivity contribution in [3.8, 4) is 11.5 Å². The molecule has 0 saturated carbocycles. The topological polar surface area (TPSA) is 122 Å². The van der Waals surface area contributed by atoms with E-state index in [1.165, 1.54) is 11.6 Å². The number of carbonyl (C=O) groups excluding carboxylic acids is 2. The summed E-state index contributed by atoms with van der Waals surface area (Å²) in [4.78, 5) is 30.4. The van der Waals surface area contributed by atoms with Gasteiger partial charge in [0.2, 0.25) is 5.91 Å². The Morgan fingerprint density at radius 2 is 1.75 bits per heavy atom. The third kappa shape index (κ3) is 5.06. The lowest BCUT2D eigenvalue weighted by molar-refractivity contribution is -0.134. The van der Waals surface area contributed by atoms with E-state index in [-0.39, 0.29) is 41.4 Å². The van der Waals surface area contributed by atoms with Crippen molar-refractivity contribution in [2.45, 2.75) is 44.2 Å². The van der Waals surface area contributed by atoms with E-state index < -0.39 is 0 Å². The number of rotatable bonds is 3. The molecule has 0 spiro atoms. The predicted octanol–water partition coefficient (Wildman–Crippen LogP) is 2.54. The molecule has 9 nitrogen and oxygen atoms in total. The number of phenols is 2. The van der Waals surface area contributed by atoms with Crippen LogP contribution in [0.1, 0.15) is 42.9 Å². The number of fused-ring (bicyclic) bond motifs is 2. The lowest BCUT2D eigenvalue weighted by Crippen LogP contribution is -2.54. The summed E-state index contributed by atoms with van der Waals surface area (Å²) in [5.41, 5.74) is 8.46. The molecule has 2 unspecified atom stereocenters. The van der Waals surface area contributed by atoms with Crippen LogP contribution in [0.15, 0.2) is 34.5 Å². The van der Waals surface area contributed by atoms with Gasteiger partial charge in [0.25, 0.3) is 0 Å². The van der Waals surface area contributed by atoms with Crippen molar-refractivity contribution in [2.24, 2.45) is 11.7 Å². The molecule has 0 aromatic heterocycles. The largest absolute Gasteiger partial charge is 0.508 e. The van der Waals surface area contributed by atoms with Crippen LogP contribution in [0.5, 0.6) is 11.5 Å². The smallest absolute Gasteiger partial charge is 0.314 e. The van der Waals surface area contributed by atoms with E-state index in [9.17, 15) is 19.8 Å². The van der Waals surface area contributed by atoms with Crippen LogP contribution < -0.4 is 11.1 Å². The number of primary amides is 1. The van der Waals surface area contributed by atoms with Crippen LogP contribution in [-0.4, -0.2) is 82.2 Å². The van der Waals surface area contributed by atoms with Gasteiger partial charge in [-0.1, -0.05) is 0 Å². The zero-order chi connectivity index (χ0) is 25.4. The Bertz CT molecular complexity index is 1090. The van der Waals surface area contributed by atoms with Gasteiger partial charge in [-0.2, -0.15) is 0 Å². The summed E-state index contributed by atoms with van der Waals surface area (Å²) in [5.74, 6) is 0.652. The maximum atomic E-state index is 13.1. The maximum absolute atomic E-state index is 13.1. The van der Waals surface area contributed by atoms with Crippen molar-refractivity contribution in [2.75, 3.05) is 39.3 Å². The van der Waals surface area contributed by atoms with Gasteiger partial charge >= 0.3 is 6.03 Å². The predicted molar refractivity (Wildman–Crippen MR) is 140 cm³/mol. The average Bonchev–Trinajstić information content (AvgIpc) is 3.01. The quantitative estimate of drug-likeness (QED) is 0.451. The van der Waals surface area contributed by atoms with Crippen LogP contribution in [0.2, 0.25) is 0 Å². The van der Waals surface area contributed by atoms with Crippen LogP contribution in [0, 0.1) is 5.92 Å². The molecule has 36 heavy (non-hydrogen) atoms. The number of piperidine rings is 1. The summed E-state index contributed by atoms with van der Waals surface area (Å²) in [6.07, 6.45) is 7.81. The summed E-state index contributed by atoms with van der Waals surface area (Å²) in [7, 11) is 0. The summed E-state index contributed by atoms with van der Waals surface area (Å²) < 4.78 is 0.989. The number of amides is 3. The molecule has 4 aliphatic rings. The minimum atomic E-state index is -0.384. The number of carbonyl (C=O) groups is 2. The molecule has 3 amide bonds. The third-order valence-corrected chi connectivity index (χ3v) is 8.55. The Morgan fingerprint density at radius 1 is 1.03 bits per heavy atom. The molecule has 1 aromatic carbocycles. The second kappa shape index (κ2) is 10.3. The average molecular weight is 560 g/mol. The molecule has 0 radical (unpaired) electrons. The Morgan fingerprint density at radius 3 is 2.44 bits per heavy atom. The Kier molecular flexibility index (Phi) is 7.16. The van der Waals surface area contributed by atoms with Gasteiger partial charge in [-0.05, 0) is 70.8 Å². The fourth-order valence-electron chi connectivity index (χ4n) is 6.16. The van der Waals surface area contributed by atoms with Crippen molar-refractivity contribution in [3.63, 3.8) is 0 Å². The molecule has 0 bridgehead atoms. The van der Waals surface area contributed by atoms with Gasteiger partial charge in [-0.3, -0.25) is 9.69 Å². The number of halogens is 1. The number of likely N-dealkylation sites (tertiary alicyclic amines) is 1. The van der Waals surface area contributed by atoms with Crippen molar-refractivity contribution >= 4 is 27.9 Å². The number of piperazine rings is 1. The number of allylic oxidation sites excluding steroid dienone is 2. The minimum absolute atomic E-state index is 0.000634. The van der Waals surface area contributed by atoms with Crippen LogP contribution in [0.25, 0.3) is 0 Å². The Labute approximate surface area is 219 Å². The van der Waals surface area contributed by atoms with Gasteiger partial charge in [0.15, 0.2) is 0 Å². The molecule has 1 aliphatic carbocycles. The van der Waals surface area contributed by atoms with Crippen LogP contribution in [-0.2, 0) is 11.2 Å². The molecule has 3 heterocycles. The van der Waals surface area contributed by atoms with Gasteiger partial charge in [0.05, 0.1) is 12.1 Å². The van der Waals surface area contributed by atoms with Crippen LogP contribution >= 0.6 is 15.9 Å². The lowest BCUT2D eigenvalue weighted by Gasteiger charge is -2.44. The first-order valence-corrected chi connectivity index (χ1v) is 13.5. The van der Waals surface area contributed by atoms with Crippen molar-refractivity contribution in [3.05, 3.63) is 45.6 Å². The zero-order valence-electron chi connectivity index (χ0n) is 20.3. The first-order valence-electron chi connectivity index (χ1n) is 12.7. The van der Waals surface area contributed by atoms with Gasteiger partial charge in [-0.25, -0.2) is 4.79 Å². The maximum Gasteiger partial charge on any atom is 0.314 e. The first kappa shape index (κ1) is 25.0. The molecule has 194 valence electrons. The molecule has 3 aliphatic heterocycles. The summed E-state index contributed by atoms with van der Waals surface area (Å²) >= 11 is 3.58. The number of aromatic hydroxyl groups is 2. The number of nitrogens with zero attached hydrogens (tertiary/aromatic N) is 3. The summed E-state index contributed by atoms with van der Waals surface area (Å²) in [5, 5.41) is 24.6. The zero-order valence-corrected chi connectivity index (χ0v) is 21.9. The number of aryl methyl sites for hydroxylation is 1. The molecular weight excluding hydrogens is 526 g/mol. The Balaban J connectivity index is 1.28. The van der Waals surface area contributed by atoms with Crippen molar-refractivity contribution < 1.29 is 19.8 Å². The van der Waals surface area contributed by atoms with Crippen molar-refractivity contribution in [1.82, 2.24) is 20.0 Å². The second-order valence-corrected chi connectivity index (χ2v) is 11.2. The summed E-state index contributed by atoms with van der Waals surface area (Å²) in [6.45, 7) is 3.91. The number of phenolic OH excluding ortho intramolecular Hbond substituents is 2. The molecule has 5 rings (SSSR count). The van der Waals surface area contributed by atoms with Gasteiger partial charge in [0.1, 0.15) is 11.5 Å². The van der Waals surface area contributed by atoms with E-state index in [1.54, 1.807) is 11.0 Å². The lowest BCUT2D eigenvalue weighted by atomic mass is 9.89. The molecule has 5 N–H and O–H groups in total. The number of hydrogen-bond acceptors (Lipinski definition) is 6. The van der Waals surface area contributed by atoms with Gasteiger partial charge in [-0.15, -0.1) is 0 Å². The van der Waals surface area contributed by atoms with Gasteiger partial charge < -0.3 is 31.1 Å². The fraction of sp³-hybridized carbons (Fsp3) is 0.538. The van der Waals surface area contributed by atoms with Crippen LogP contribution in [0.4, 0.5) is 4.79 Å². The van der Waals surface area contributed by atoms with E-state index in [0.29, 0.717) is 45.7 Å². The molecule has 1 aromatic rings. The minimum Gasteiger partial charge on any atom is -0.508 e. The molecular formula is C26H34BrN5O4. The fourth-order valence-corrected chi connectivity index (χ4v) is 6.58. The normalized spacial score (nSPS) is 25.1. The highest BCUT2D eigenvalue weighted by atomic mass is 79.9. The SMILES string of the molecule is NC(=O)N1CCC(CC(=O)N2CCN(C3c4c(O)cc(O)cc4CCC4=CC(Br)=CNC43)CC2)CC1. The van der Waals surface area contributed by atoms with E-state index in [1.807, 2.05) is 11.1 Å². The van der Waals surface area contributed by atoms with Crippen LogP contribution in [0.3, 0.4) is 0 Å². The number of nitrogens with two attached hydrogens (primary N) is 1. The van der Waals surface area contributed by atoms with E-state index in [0.717, 1.165) is 41.3 Å². The number of hydrogen-bond donors (Lipinski definition) is 4. The Hall–Kier alpha value is -2.72.